The Bertz CT molecular complexity index is 634. The van der Waals surface area contributed by atoms with Crippen LogP contribution >= 0.6 is 35.3 Å². The van der Waals surface area contributed by atoms with Crippen molar-refractivity contribution in [3.63, 3.8) is 0 Å². The van der Waals surface area contributed by atoms with E-state index in [0.29, 0.717) is 6.54 Å². The number of nitrogens with one attached hydrogen (secondary N) is 2. The van der Waals surface area contributed by atoms with Crippen molar-refractivity contribution >= 4 is 41.3 Å². The van der Waals surface area contributed by atoms with Crippen molar-refractivity contribution in [1.82, 2.24) is 20.6 Å². The zero-order valence-electron chi connectivity index (χ0n) is 14.7. The first kappa shape index (κ1) is 20.8. The smallest absolute Gasteiger partial charge is 0.191 e. The normalized spacial score (nSPS) is 11.8. The van der Waals surface area contributed by atoms with Gasteiger partial charge in [0.25, 0.3) is 0 Å². The highest BCUT2D eigenvalue weighted by Crippen LogP contribution is 2.23. The second kappa shape index (κ2) is 9.93. The average molecular weight is 459 g/mol. The molecule has 132 valence electrons. The van der Waals surface area contributed by atoms with Crippen molar-refractivity contribution in [2.45, 2.75) is 39.2 Å². The molecule has 0 aliphatic heterocycles. The quantitative estimate of drug-likeness (QED) is 0.409. The number of aliphatic imine (C=N–C) groups is 1. The topological polar surface area (TPSA) is 62.2 Å². The van der Waals surface area contributed by atoms with Gasteiger partial charge in [-0.3, -0.25) is 9.98 Å². The van der Waals surface area contributed by atoms with Gasteiger partial charge in [-0.15, -0.1) is 35.3 Å². The Kier molecular flexibility index (Phi) is 8.61. The molecule has 0 unspecified atom stereocenters. The van der Waals surface area contributed by atoms with E-state index in [-0.39, 0.29) is 29.4 Å². The molecule has 0 atom stereocenters. The van der Waals surface area contributed by atoms with Crippen molar-refractivity contribution < 1.29 is 0 Å². The fourth-order valence-electron chi connectivity index (χ4n) is 1.96. The largest absolute Gasteiger partial charge is 0.356 e. The molecule has 2 rings (SSSR count). The first-order chi connectivity index (χ1) is 11.0. The molecular formula is C17H26IN5S. The summed E-state index contributed by atoms with van der Waals surface area (Å²) >= 11 is 1.72. The van der Waals surface area contributed by atoms with E-state index >= 15 is 0 Å². The molecule has 0 radical (unpaired) electrons. The Morgan fingerprint density at radius 2 is 2.04 bits per heavy atom. The summed E-state index contributed by atoms with van der Waals surface area (Å²) in [4.78, 5) is 13.2. The predicted octanol–water partition coefficient (Wildman–Crippen LogP) is 3.36. The fraction of sp³-hybridized carbons (Fsp3) is 0.471. The average Bonchev–Trinajstić information content (AvgIpc) is 3.01. The first-order valence-electron chi connectivity index (χ1n) is 7.78. The number of halogens is 1. The zero-order chi connectivity index (χ0) is 16.7. The number of nitrogens with zero attached hydrogens (tertiary/aromatic N) is 3. The third kappa shape index (κ3) is 6.72. The van der Waals surface area contributed by atoms with Crippen molar-refractivity contribution in [1.29, 1.82) is 0 Å². The molecule has 2 aromatic rings. The molecule has 2 heterocycles. The highest BCUT2D eigenvalue weighted by Gasteiger charge is 2.17. The van der Waals surface area contributed by atoms with E-state index < -0.39 is 0 Å². The molecule has 0 bridgehead atoms. The van der Waals surface area contributed by atoms with Gasteiger partial charge in [-0.05, 0) is 12.1 Å². The minimum Gasteiger partial charge on any atom is -0.356 e. The Labute approximate surface area is 165 Å². The zero-order valence-corrected chi connectivity index (χ0v) is 17.8. The summed E-state index contributed by atoms with van der Waals surface area (Å²) in [5, 5.41) is 9.89. The Hall–Kier alpha value is -1.22. The molecule has 24 heavy (non-hydrogen) atoms. The molecular weight excluding hydrogens is 433 g/mol. The molecule has 7 heteroatoms. The molecule has 0 aliphatic carbocycles. The number of pyridine rings is 1. The van der Waals surface area contributed by atoms with Crippen LogP contribution in [0, 0.1) is 0 Å². The SMILES string of the molecule is CN=C(NCCc1nc(C(C)(C)C)cs1)NCc1ccccn1.I. The lowest BCUT2D eigenvalue weighted by Crippen LogP contribution is -2.38. The van der Waals surface area contributed by atoms with Crippen LogP contribution in [0.25, 0.3) is 0 Å². The maximum absolute atomic E-state index is 4.71. The van der Waals surface area contributed by atoms with Crippen LogP contribution in [0.3, 0.4) is 0 Å². The Morgan fingerprint density at radius 3 is 2.62 bits per heavy atom. The van der Waals surface area contributed by atoms with Gasteiger partial charge < -0.3 is 10.6 Å². The summed E-state index contributed by atoms with van der Waals surface area (Å²) in [5.41, 5.74) is 2.27. The molecule has 5 nitrogen and oxygen atoms in total. The summed E-state index contributed by atoms with van der Waals surface area (Å²) in [6.45, 7) is 8.03. The van der Waals surface area contributed by atoms with Crippen molar-refractivity contribution in [2.75, 3.05) is 13.6 Å². The summed E-state index contributed by atoms with van der Waals surface area (Å²) in [6.07, 6.45) is 2.69. The summed E-state index contributed by atoms with van der Waals surface area (Å²) in [5.74, 6) is 0.781. The van der Waals surface area contributed by atoms with Crippen LogP contribution in [0.5, 0.6) is 0 Å². The highest BCUT2D eigenvalue weighted by atomic mass is 127. The van der Waals surface area contributed by atoms with E-state index in [0.717, 1.165) is 35.3 Å². The maximum Gasteiger partial charge on any atom is 0.191 e. The van der Waals surface area contributed by atoms with Gasteiger partial charge in [0.15, 0.2) is 5.96 Å². The first-order valence-corrected chi connectivity index (χ1v) is 8.66. The van der Waals surface area contributed by atoms with Crippen LogP contribution in [0.2, 0.25) is 0 Å². The van der Waals surface area contributed by atoms with Crippen molar-refractivity contribution in [2.24, 2.45) is 4.99 Å². The number of aromatic nitrogens is 2. The van der Waals surface area contributed by atoms with E-state index in [1.807, 2.05) is 18.2 Å². The summed E-state index contributed by atoms with van der Waals surface area (Å²) in [6, 6.07) is 5.88. The number of thiazole rings is 1. The molecule has 0 saturated heterocycles. The van der Waals surface area contributed by atoms with Crippen molar-refractivity contribution in [3.8, 4) is 0 Å². The lowest BCUT2D eigenvalue weighted by molar-refractivity contribution is 0.570. The van der Waals surface area contributed by atoms with E-state index in [2.05, 4.69) is 46.8 Å². The monoisotopic (exact) mass is 459 g/mol. The van der Waals surface area contributed by atoms with Gasteiger partial charge in [-0.1, -0.05) is 26.8 Å². The molecule has 0 fully saturated rings. The Balaban J connectivity index is 0.00000288. The molecule has 0 spiro atoms. The van der Waals surface area contributed by atoms with Crippen LogP contribution in [0.4, 0.5) is 0 Å². The van der Waals surface area contributed by atoms with E-state index in [1.54, 1.807) is 24.6 Å². The van der Waals surface area contributed by atoms with E-state index in [1.165, 1.54) is 0 Å². The fourth-order valence-corrected chi connectivity index (χ4v) is 2.98. The molecule has 0 saturated carbocycles. The van der Waals surface area contributed by atoms with E-state index in [4.69, 9.17) is 4.98 Å². The minimum atomic E-state index is 0. The second-order valence-electron chi connectivity index (χ2n) is 6.30. The third-order valence-corrected chi connectivity index (χ3v) is 4.25. The van der Waals surface area contributed by atoms with Gasteiger partial charge in [-0.2, -0.15) is 0 Å². The van der Waals surface area contributed by atoms with Crippen LogP contribution in [-0.2, 0) is 18.4 Å². The van der Waals surface area contributed by atoms with Gasteiger partial charge in [0.2, 0.25) is 0 Å². The molecule has 0 aliphatic rings. The van der Waals surface area contributed by atoms with Crippen molar-refractivity contribution in [3.05, 3.63) is 46.2 Å². The third-order valence-electron chi connectivity index (χ3n) is 3.34. The van der Waals surface area contributed by atoms with Crippen LogP contribution < -0.4 is 10.6 Å². The maximum atomic E-state index is 4.71. The van der Waals surface area contributed by atoms with Crippen LogP contribution in [0.15, 0.2) is 34.8 Å². The Morgan fingerprint density at radius 1 is 1.25 bits per heavy atom. The molecule has 0 amide bonds. The van der Waals surface area contributed by atoms with Crippen LogP contribution in [0.1, 0.15) is 37.2 Å². The van der Waals surface area contributed by atoms with E-state index in [9.17, 15) is 0 Å². The number of rotatable bonds is 5. The molecule has 2 aromatic heterocycles. The lowest BCUT2D eigenvalue weighted by Gasteiger charge is -2.14. The van der Waals surface area contributed by atoms with Gasteiger partial charge in [0.05, 0.1) is 22.9 Å². The molecule has 2 N–H and O–H groups in total. The molecule has 0 aromatic carbocycles. The standard InChI is InChI=1S/C17H25N5S.HI/c1-17(2,3)14-12-23-15(22-14)8-10-20-16(18-4)21-11-13-7-5-6-9-19-13;/h5-7,9,12H,8,10-11H2,1-4H3,(H2,18,20,21);1H. The lowest BCUT2D eigenvalue weighted by atomic mass is 9.93. The number of hydrogen-bond acceptors (Lipinski definition) is 4. The van der Waals surface area contributed by atoms with Gasteiger partial charge in [-0.25, -0.2) is 4.98 Å². The van der Waals surface area contributed by atoms with Crippen LogP contribution in [-0.4, -0.2) is 29.5 Å². The second-order valence-corrected chi connectivity index (χ2v) is 7.24. The predicted molar refractivity (Wildman–Crippen MR) is 112 cm³/mol. The number of guanidine groups is 1. The van der Waals surface area contributed by atoms with Gasteiger partial charge in [0.1, 0.15) is 0 Å². The minimum absolute atomic E-state index is 0. The summed E-state index contributed by atoms with van der Waals surface area (Å²) in [7, 11) is 1.77. The number of hydrogen-bond donors (Lipinski definition) is 2. The summed E-state index contributed by atoms with van der Waals surface area (Å²) < 4.78 is 0. The van der Waals surface area contributed by atoms with Gasteiger partial charge in [0, 0.05) is 37.0 Å². The van der Waals surface area contributed by atoms with Gasteiger partial charge >= 0.3 is 0 Å². The highest BCUT2D eigenvalue weighted by molar-refractivity contribution is 14.0.